The van der Waals surface area contributed by atoms with Crippen molar-refractivity contribution in [1.29, 1.82) is 5.41 Å². The maximum atomic E-state index is 12.7. The summed E-state index contributed by atoms with van der Waals surface area (Å²) in [6, 6.07) is 3.28. The number of piperazine rings is 1. The molecule has 0 aromatic heterocycles. The number of guanidine groups is 1. The number of hydrogen-bond donors (Lipinski definition) is 2. The number of nitrogens with one attached hydrogen (secondary N) is 1. The first-order chi connectivity index (χ1) is 11.0. The lowest BCUT2D eigenvalue weighted by Gasteiger charge is -2.35. The highest BCUT2D eigenvalue weighted by Crippen LogP contribution is 2.38. The molecule has 0 radical (unpaired) electrons. The van der Waals surface area contributed by atoms with Crippen LogP contribution in [0.4, 0.5) is 0 Å². The lowest BCUT2D eigenvalue weighted by Crippen LogP contribution is -2.52. The molecule has 0 bridgehead atoms. The Morgan fingerprint density at radius 2 is 1.48 bits per heavy atom. The van der Waals surface area contributed by atoms with Crippen molar-refractivity contribution in [2.24, 2.45) is 5.73 Å². The number of amides is 1. The van der Waals surface area contributed by atoms with Gasteiger partial charge in [-0.3, -0.25) is 10.2 Å². The van der Waals surface area contributed by atoms with E-state index in [4.69, 9.17) is 25.4 Å². The van der Waals surface area contributed by atoms with Gasteiger partial charge in [0.05, 0.1) is 21.3 Å². The molecular formula is C15H22N4O4. The molecule has 1 fully saturated rings. The highest BCUT2D eigenvalue weighted by Gasteiger charge is 2.25. The zero-order valence-electron chi connectivity index (χ0n) is 13.6. The summed E-state index contributed by atoms with van der Waals surface area (Å²) < 4.78 is 15.8. The van der Waals surface area contributed by atoms with Crippen LogP contribution in [0, 0.1) is 5.41 Å². The van der Waals surface area contributed by atoms with Crippen molar-refractivity contribution in [3.05, 3.63) is 17.7 Å². The van der Waals surface area contributed by atoms with E-state index in [2.05, 4.69) is 0 Å². The zero-order valence-corrected chi connectivity index (χ0v) is 13.6. The fraction of sp³-hybridized carbons (Fsp3) is 0.467. The van der Waals surface area contributed by atoms with Crippen LogP contribution >= 0.6 is 0 Å². The van der Waals surface area contributed by atoms with Crippen molar-refractivity contribution < 1.29 is 19.0 Å². The lowest BCUT2D eigenvalue weighted by atomic mass is 10.1. The normalized spacial score (nSPS) is 14.4. The van der Waals surface area contributed by atoms with Gasteiger partial charge >= 0.3 is 0 Å². The van der Waals surface area contributed by atoms with Crippen LogP contribution in [0.1, 0.15) is 10.4 Å². The molecule has 0 unspecified atom stereocenters. The molecule has 1 saturated heterocycles. The predicted octanol–water partition coefficient (Wildman–Crippen LogP) is 0.364. The smallest absolute Gasteiger partial charge is 0.254 e. The van der Waals surface area contributed by atoms with Crippen LogP contribution in [0.15, 0.2) is 12.1 Å². The molecule has 0 saturated carbocycles. The minimum atomic E-state index is -0.118. The van der Waals surface area contributed by atoms with Gasteiger partial charge in [-0.1, -0.05) is 0 Å². The van der Waals surface area contributed by atoms with Gasteiger partial charge in [0, 0.05) is 31.7 Å². The van der Waals surface area contributed by atoms with E-state index in [1.165, 1.54) is 21.3 Å². The average Bonchev–Trinajstić information content (AvgIpc) is 2.59. The number of rotatable bonds is 4. The maximum absolute atomic E-state index is 12.7. The average molecular weight is 322 g/mol. The summed E-state index contributed by atoms with van der Waals surface area (Å²) in [7, 11) is 4.54. The maximum Gasteiger partial charge on any atom is 0.254 e. The Bertz CT molecular complexity index is 572. The molecule has 126 valence electrons. The van der Waals surface area contributed by atoms with Crippen LogP contribution in [0.2, 0.25) is 0 Å². The van der Waals surface area contributed by atoms with E-state index in [1.54, 1.807) is 21.9 Å². The van der Waals surface area contributed by atoms with E-state index in [0.29, 0.717) is 49.0 Å². The molecule has 3 N–H and O–H groups in total. The van der Waals surface area contributed by atoms with Gasteiger partial charge in [0.1, 0.15) is 0 Å². The zero-order chi connectivity index (χ0) is 17.0. The summed E-state index contributed by atoms with van der Waals surface area (Å²) in [5, 5.41) is 7.43. The molecular weight excluding hydrogens is 300 g/mol. The summed E-state index contributed by atoms with van der Waals surface area (Å²) in [4.78, 5) is 16.1. The molecule has 1 amide bonds. The number of carbonyl (C=O) groups excluding carboxylic acids is 1. The van der Waals surface area contributed by atoms with Gasteiger partial charge in [0.2, 0.25) is 5.75 Å². The molecule has 0 aliphatic carbocycles. The van der Waals surface area contributed by atoms with E-state index in [9.17, 15) is 4.79 Å². The van der Waals surface area contributed by atoms with Crippen LogP contribution in [0.5, 0.6) is 17.2 Å². The van der Waals surface area contributed by atoms with Crippen LogP contribution in [0.25, 0.3) is 0 Å². The fourth-order valence-corrected chi connectivity index (χ4v) is 2.54. The number of carbonyl (C=O) groups is 1. The third-order valence-electron chi connectivity index (χ3n) is 3.82. The highest BCUT2D eigenvalue weighted by molar-refractivity contribution is 5.96. The third kappa shape index (κ3) is 3.41. The molecule has 2 rings (SSSR count). The number of nitrogens with zero attached hydrogens (tertiary/aromatic N) is 2. The topological polar surface area (TPSA) is 101 Å². The van der Waals surface area contributed by atoms with Crippen molar-refractivity contribution in [1.82, 2.24) is 9.80 Å². The Labute approximate surface area is 135 Å². The second-order valence-electron chi connectivity index (χ2n) is 5.08. The van der Waals surface area contributed by atoms with Gasteiger partial charge < -0.3 is 29.7 Å². The van der Waals surface area contributed by atoms with Crippen LogP contribution in [-0.4, -0.2) is 69.2 Å². The summed E-state index contributed by atoms with van der Waals surface area (Å²) in [5.41, 5.74) is 5.93. The summed E-state index contributed by atoms with van der Waals surface area (Å²) in [6.07, 6.45) is 0. The molecule has 8 heteroatoms. The molecule has 1 aliphatic heterocycles. The molecule has 23 heavy (non-hydrogen) atoms. The van der Waals surface area contributed by atoms with Crippen molar-refractivity contribution in [3.8, 4) is 17.2 Å². The van der Waals surface area contributed by atoms with Crippen LogP contribution in [0.3, 0.4) is 0 Å². The molecule has 0 spiro atoms. The minimum absolute atomic E-state index is 0.0323. The van der Waals surface area contributed by atoms with Gasteiger partial charge in [-0.25, -0.2) is 0 Å². The summed E-state index contributed by atoms with van der Waals surface area (Å²) in [6.45, 7) is 2.11. The number of ether oxygens (including phenoxy) is 3. The first-order valence-electron chi connectivity index (χ1n) is 7.20. The quantitative estimate of drug-likeness (QED) is 0.613. The number of nitrogens with two attached hydrogens (primary N) is 1. The second kappa shape index (κ2) is 7.08. The monoisotopic (exact) mass is 322 g/mol. The van der Waals surface area contributed by atoms with Crippen molar-refractivity contribution >= 4 is 11.9 Å². The Balaban J connectivity index is 2.21. The van der Waals surface area contributed by atoms with Crippen molar-refractivity contribution in [2.75, 3.05) is 47.5 Å². The van der Waals surface area contributed by atoms with E-state index in [1.807, 2.05) is 0 Å². The molecule has 8 nitrogen and oxygen atoms in total. The fourth-order valence-electron chi connectivity index (χ4n) is 2.54. The molecule has 1 aromatic rings. The molecule has 1 aromatic carbocycles. The Kier molecular flexibility index (Phi) is 5.15. The van der Waals surface area contributed by atoms with E-state index in [0.717, 1.165) is 0 Å². The first kappa shape index (κ1) is 16.7. The predicted molar refractivity (Wildman–Crippen MR) is 85.5 cm³/mol. The Hall–Kier alpha value is -2.64. The van der Waals surface area contributed by atoms with Crippen molar-refractivity contribution in [2.45, 2.75) is 0 Å². The highest BCUT2D eigenvalue weighted by atomic mass is 16.5. The Morgan fingerprint density at radius 1 is 1.00 bits per heavy atom. The van der Waals surface area contributed by atoms with E-state index >= 15 is 0 Å². The summed E-state index contributed by atoms with van der Waals surface area (Å²) in [5.74, 6) is 1.25. The first-order valence-corrected chi connectivity index (χ1v) is 7.20. The molecule has 0 atom stereocenters. The molecule has 1 aliphatic rings. The van der Waals surface area contributed by atoms with Gasteiger partial charge in [0.15, 0.2) is 17.5 Å². The van der Waals surface area contributed by atoms with Gasteiger partial charge in [-0.05, 0) is 12.1 Å². The van der Waals surface area contributed by atoms with Crippen LogP contribution < -0.4 is 19.9 Å². The minimum Gasteiger partial charge on any atom is -0.493 e. The number of methoxy groups -OCH3 is 3. The molecule has 1 heterocycles. The SMILES string of the molecule is COc1cc(C(=O)N2CCN(C(=N)N)CC2)cc(OC)c1OC. The number of hydrogen-bond acceptors (Lipinski definition) is 5. The number of benzene rings is 1. The largest absolute Gasteiger partial charge is 0.493 e. The van der Waals surface area contributed by atoms with Gasteiger partial charge in [0.25, 0.3) is 5.91 Å². The second-order valence-corrected chi connectivity index (χ2v) is 5.08. The standard InChI is InChI=1S/C15H22N4O4/c1-21-11-8-10(9-12(22-2)13(11)23-3)14(20)18-4-6-19(7-5-18)15(16)17/h8-9H,4-7H2,1-3H3,(H3,16,17). The van der Waals surface area contributed by atoms with Gasteiger partial charge in [-0.2, -0.15) is 0 Å². The third-order valence-corrected chi connectivity index (χ3v) is 3.82. The Morgan fingerprint density at radius 3 is 1.87 bits per heavy atom. The van der Waals surface area contributed by atoms with Crippen molar-refractivity contribution in [3.63, 3.8) is 0 Å². The van der Waals surface area contributed by atoms with Gasteiger partial charge in [-0.15, -0.1) is 0 Å². The van der Waals surface area contributed by atoms with Crippen LogP contribution in [-0.2, 0) is 0 Å². The summed E-state index contributed by atoms with van der Waals surface area (Å²) >= 11 is 0. The van der Waals surface area contributed by atoms with E-state index < -0.39 is 0 Å². The lowest BCUT2D eigenvalue weighted by molar-refractivity contribution is 0.0689. The van der Waals surface area contributed by atoms with E-state index in [-0.39, 0.29) is 11.9 Å².